The fourth-order valence-corrected chi connectivity index (χ4v) is 5.73. The fraction of sp³-hybridized carbons (Fsp3) is 0.435. The summed E-state index contributed by atoms with van der Waals surface area (Å²) in [5.41, 5.74) is 6.95. The second-order valence-electron chi connectivity index (χ2n) is 8.44. The van der Waals surface area contributed by atoms with Gasteiger partial charge in [-0.15, -0.1) is 0 Å². The van der Waals surface area contributed by atoms with Crippen molar-refractivity contribution < 1.29 is 22.5 Å². The van der Waals surface area contributed by atoms with Crippen molar-refractivity contribution in [3.63, 3.8) is 0 Å². The topological polar surface area (TPSA) is 142 Å². The maximum absolute atomic E-state index is 12.8. The van der Waals surface area contributed by atoms with E-state index >= 15 is 0 Å². The molecular weight excluding hydrogens is 458 g/mol. The number of hydrogen-bond acceptors (Lipinski definition) is 7. The summed E-state index contributed by atoms with van der Waals surface area (Å²) >= 11 is 0. The molecule has 1 aromatic carbocycles. The minimum absolute atomic E-state index is 0.0766. The van der Waals surface area contributed by atoms with E-state index in [2.05, 4.69) is 26.8 Å². The summed E-state index contributed by atoms with van der Waals surface area (Å²) in [4.78, 5) is 10.7. The van der Waals surface area contributed by atoms with Crippen molar-refractivity contribution in [2.24, 2.45) is 11.7 Å². The molecule has 4 rings (SSSR count). The zero-order valence-corrected chi connectivity index (χ0v) is 19.7. The van der Waals surface area contributed by atoms with Crippen LogP contribution >= 0.6 is 0 Å². The molecule has 2 aromatic heterocycles. The molecule has 1 fully saturated rings. The molecule has 0 atom stereocenters. The Balaban J connectivity index is 1.51. The van der Waals surface area contributed by atoms with Gasteiger partial charge in [-0.2, -0.15) is 5.10 Å². The molecule has 1 amide bonds. The predicted octanol–water partition coefficient (Wildman–Crippen LogP) is 2.43. The average Bonchev–Trinajstić information content (AvgIpc) is 3.40. The van der Waals surface area contributed by atoms with Crippen molar-refractivity contribution in [3.8, 4) is 17.6 Å². The molecule has 34 heavy (non-hydrogen) atoms. The van der Waals surface area contributed by atoms with Crippen LogP contribution in [-0.4, -0.2) is 42.1 Å². The molecule has 3 N–H and O–H groups in total. The van der Waals surface area contributed by atoms with E-state index in [4.69, 9.17) is 15.0 Å². The van der Waals surface area contributed by atoms with Crippen molar-refractivity contribution in [1.29, 1.82) is 0 Å². The molecule has 180 valence electrons. The van der Waals surface area contributed by atoms with Crippen molar-refractivity contribution in [2.75, 3.05) is 17.6 Å². The lowest BCUT2D eigenvalue weighted by Gasteiger charge is -2.21. The maximum Gasteiger partial charge on any atom is 0.293 e. The van der Waals surface area contributed by atoms with Gasteiger partial charge in [0.1, 0.15) is 11.1 Å². The Morgan fingerprint density at radius 3 is 2.85 bits per heavy atom. The average molecular weight is 486 g/mol. The van der Waals surface area contributed by atoms with Crippen LogP contribution in [0.4, 0.5) is 5.82 Å². The molecule has 1 aliphatic rings. The van der Waals surface area contributed by atoms with Gasteiger partial charge >= 0.3 is 0 Å². The van der Waals surface area contributed by atoms with E-state index in [0.29, 0.717) is 35.4 Å². The Labute approximate surface area is 197 Å². The molecule has 11 heteroatoms. The SMILES string of the molecule is COc1cc(Cn2ccc(CC#CC(N)=O)n2)cc2onc(NS(=O)(=O)CC3CCCCC3)c12. The molecule has 2 heterocycles. The third kappa shape index (κ3) is 5.88. The van der Waals surface area contributed by atoms with Gasteiger partial charge in [-0.25, -0.2) is 8.42 Å². The number of sulfonamides is 1. The van der Waals surface area contributed by atoms with E-state index in [-0.39, 0.29) is 17.5 Å². The van der Waals surface area contributed by atoms with Gasteiger partial charge in [0.15, 0.2) is 11.4 Å². The number of amides is 1. The first-order valence-electron chi connectivity index (χ1n) is 11.1. The predicted molar refractivity (Wildman–Crippen MR) is 127 cm³/mol. The van der Waals surface area contributed by atoms with Crippen molar-refractivity contribution in [3.05, 3.63) is 35.7 Å². The van der Waals surface area contributed by atoms with Gasteiger partial charge in [-0.3, -0.25) is 14.2 Å². The van der Waals surface area contributed by atoms with Crippen LogP contribution in [0.3, 0.4) is 0 Å². The smallest absolute Gasteiger partial charge is 0.293 e. The van der Waals surface area contributed by atoms with Crippen LogP contribution in [0, 0.1) is 17.8 Å². The third-order valence-corrected chi connectivity index (χ3v) is 7.19. The number of aromatic nitrogens is 3. The number of fused-ring (bicyclic) bond motifs is 1. The first-order chi connectivity index (χ1) is 16.3. The minimum Gasteiger partial charge on any atom is -0.496 e. The monoisotopic (exact) mass is 485 g/mol. The zero-order chi connectivity index (χ0) is 24.1. The molecule has 1 aliphatic carbocycles. The second kappa shape index (κ2) is 10.2. The summed E-state index contributed by atoms with van der Waals surface area (Å²) in [5.74, 6) is 5.09. The second-order valence-corrected chi connectivity index (χ2v) is 10.2. The quantitative estimate of drug-likeness (QED) is 0.467. The van der Waals surface area contributed by atoms with Gasteiger partial charge in [0.25, 0.3) is 5.91 Å². The Morgan fingerprint density at radius 1 is 1.32 bits per heavy atom. The number of rotatable bonds is 8. The number of nitrogens with one attached hydrogen (secondary N) is 1. The summed E-state index contributed by atoms with van der Waals surface area (Å²) in [6.45, 7) is 0.416. The molecular formula is C23H27N5O5S. The minimum atomic E-state index is -3.57. The van der Waals surface area contributed by atoms with E-state index in [0.717, 1.165) is 31.2 Å². The van der Waals surface area contributed by atoms with Crippen molar-refractivity contribution in [2.45, 2.75) is 45.1 Å². The summed E-state index contributed by atoms with van der Waals surface area (Å²) in [6, 6.07) is 5.38. The number of anilines is 1. The van der Waals surface area contributed by atoms with Crippen LogP contribution in [0.1, 0.15) is 43.4 Å². The van der Waals surface area contributed by atoms with E-state index < -0.39 is 15.9 Å². The number of nitrogens with two attached hydrogens (primary N) is 1. The number of nitrogens with zero attached hydrogens (tertiary/aromatic N) is 3. The van der Waals surface area contributed by atoms with Crippen LogP contribution in [-0.2, 0) is 27.8 Å². The molecule has 0 bridgehead atoms. The number of benzene rings is 1. The molecule has 1 saturated carbocycles. The highest BCUT2D eigenvalue weighted by atomic mass is 32.2. The number of methoxy groups -OCH3 is 1. The maximum atomic E-state index is 12.8. The van der Waals surface area contributed by atoms with E-state index in [1.54, 1.807) is 29.1 Å². The molecule has 0 unspecified atom stereocenters. The number of ether oxygens (including phenoxy) is 1. The van der Waals surface area contributed by atoms with Gasteiger partial charge < -0.3 is 15.0 Å². The van der Waals surface area contributed by atoms with Gasteiger partial charge in [0.05, 0.1) is 31.5 Å². The number of carbonyl (C=O) groups excluding carboxylic acids is 1. The van der Waals surface area contributed by atoms with Gasteiger partial charge in [-0.1, -0.05) is 30.3 Å². The molecule has 0 spiro atoms. The van der Waals surface area contributed by atoms with Gasteiger partial charge in [0, 0.05) is 6.20 Å². The first-order valence-corrected chi connectivity index (χ1v) is 12.8. The van der Waals surface area contributed by atoms with E-state index in [9.17, 15) is 13.2 Å². The van der Waals surface area contributed by atoms with Crippen LogP contribution in [0.5, 0.6) is 5.75 Å². The highest BCUT2D eigenvalue weighted by molar-refractivity contribution is 7.92. The van der Waals surface area contributed by atoms with Crippen LogP contribution < -0.4 is 15.2 Å². The highest BCUT2D eigenvalue weighted by Crippen LogP contribution is 2.35. The lowest BCUT2D eigenvalue weighted by atomic mass is 9.91. The highest BCUT2D eigenvalue weighted by Gasteiger charge is 2.24. The molecule has 3 aromatic rings. The number of primary amides is 1. The lowest BCUT2D eigenvalue weighted by molar-refractivity contribution is -0.112. The van der Waals surface area contributed by atoms with Crippen molar-refractivity contribution in [1.82, 2.24) is 14.9 Å². The Kier molecular flexibility index (Phi) is 7.07. The standard InChI is InChI=1S/C23H27N5O5S/c1-32-19-12-17(14-28-11-10-18(25-28)8-5-9-21(24)29)13-20-22(19)23(26-33-20)27-34(30,31)15-16-6-3-2-4-7-16/h10-13,16H,2-4,6-8,14-15H2,1H3,(H2,24,29)(H,26,27). The van der Waals surface area contributed by atoms with Crippen molar-refractivity contribution >= 4 is 32.7 Å². The molecule has 0 radical (unpaired) electrons. The summed E-state index contributed by atoms with van der Waals surface area (Å²) in [6.07, 6.45) is 7.28. The van der Waals surface area contributed by atoms with Gasteiger partial charge in [-0.05, 0) is 48.4 Å². The van der Waals surface area contributed by atoms with E-state index in [1.807, 2.05) is 0 Å². The first kappa shape index (κ1) is 23.6. The summed E-state index contributed by atoms with van der Waals surface area (Å²) < 4.78 is 40.8. The Hall–Kier alpha value is -3.52. The fourth-order valence-electron chi connectivity index (χ4n) is 4.26. The number of carbonyl (C=O) groups is 1. The van der Waals surface area contributed by atoms with E-state index in [1.165, 1.54) is 13.5 Å². The molecule has 0 saturated heterocycles. The molecule has 10 nitrogen and oxygen atoms in total. The normalized spacial score (nSPS) is 14.5. The van der Waals surface area contributed by atoms with Gasteiger partial charge in [0.2, 0.25) is 10.0 Å². The van der Waals surface area contributed by atoms with Crippen LogP contribution in [0.2, 0.25) is 0 Å². The summed E-state index contributed by atoms with van der Waals surface area (Å²) in [7, 11) is -2.06. The third-order valence-electron chi connectivity index (χ3n) is 5.77. The van der Waals surface area contributed by atoms with Crippen LogP contribution in [0.15, 0.2) is 28.9 Å². The Morgan fingerprint density at radius 2 is 2.12 bits per heavy atom. The summed E-state index contributed by atoms with van der Waals surface area (Å²) in [5, 5.41) is 8.87. The number of hydrogen-bond donors (Lipinski definition) is 2. The zero-order valence-electron chi connectivity index (χ0n) is 18.9. The Bertz CT molecular complexity index is 1340. The van der Waals surface area contributed by atoms with Crippen LogP contribution in [0.25, 0.3) is 11.0 Å². The molecule has 0 aliphatic heterocycles. The largest absolute Gasteiger partial charge is 0.496 e. The lowest BCUT2D eigenvalue weighted by Crippen LogP contribution is -2.24.